The number of thiazole rings is 1. The van der Waals surface area contributed by atoms with E-state index in [4.69, 9.17) is 0 Å². The van der Waals surface area contributed by atoms with Crippen LogP contribution in [0.4, 0.5) is 0 Å². The molecular weight excluding hydrogens is 322 g/mol. The first-order valence-corrected chi connectivity index (χ1v) is 8.77. The van der Waals surface area contributed by atoms with Crippen molar-refractivity contribution in [2.24, 2.45) is 0 Å². The van der Waals surface area contributed by atoms with Gasteiger partial charge in [-0.05, 0) is 24.6 Å². The Kier molecular flexibility index (Phi) is 5.32. The molecule has 1 amide bonds. The molecule has 0 aromatic carbocycles. The number of amides is 1. The Morgan fingerprint density at radius 1 is 1.33 bits per heavy atom. The number of rotatable bonds is 7. The first-order valence-electron chi connectivity index (χ1n) is 7.89. The lowest BCUT2D eigenvalue weighted by atomic mass is 10.2. The van der Waals surface area contributed by atoms with E-state index in [1.165, 1.54) is 0 Å². The Morgan fingerprint density at radius 3 is 2.88 bits per heavy atom. The van der Waals surface area contributed by atoms with Crippen molar-refractivity contribution in [1.29, 1.82) is 0 Å². The molecule has 3 heterocycles. The summed E-state index contributed by atoms with van der Waals surface area (Å²) in [6.07, 6.45) is 8.44. The molecule has 0 saturated carbocycles. The maximum absolute atomic E-state index is 12.3. The molecule has 0 saturated heterocycles. The van der Waals surface area contributed by atoms with Gasteiger partial charge in [-0.25, -0.2) is 4.98 Å². The Bertz CT molecular complexity index is 769. The minimum Gasteiger partial charge on any atom is -0.354 e. The Hall–Kier alpha value is -2.54. The third-order valence-corrected chi connectivity index (χ3v) is 4.63. The minimum atomic E-state index is -0.261. The van der Waals surface area contributed by atoms with Gasteiger partial charge in [0.05, 0.1) is 5.69 Å². The fourth-order valence-corrected chi connectivity index (χ4v) is 3.30. The molecule has 0 spiro atoms. The van der Waals surface area contributed by atoms with Gasteiger partial charge < -0.3 is 5.32 Å². The van der Waals surface area contributed by atoms with Crippen LogP contribution in [0.1, 0.15) is 25.1 Å². The predicted molar refractivity (Wildman–Crippen MR) is 93.6 cm³/mol. The van der Waals surface area contributed by atoms with Crippen molar-refractivity contribution in [3.8, 4) is 10.6 Å². The highest BCUT2D eigenvalue weighted by Crippen LogP contribution is 2.22. The van der Waals surface area contributed by atoms with Crippen LogP contribution in [0, 0.1) is 0 Å². The third-order valence-electron chi connectivity index (χ3n) is 3.69. The number of nitrogens with one attached hydrogen (secondary N) is 1. The van der Waals surface area contributed by atoms with Gasteiger partial charge in [0.2, 0.25) is 5.91 Å². The van der Waals surface area contributed by atoms with Crippen molar-refractivity contribution in [3.05, 3.63) is 54.1 Å². The maximum Gasteiger partial charge on any atom is 0.244 e. The molecule has 0 aliphatic heterocycles. The summed E-state index contributed by atoms with van der Waals surface area (Å²) >= 11 is 1.60. The quantitative estimate of drug-likeness (QED) is 0.717. The highest BCUT2D eigenvalue weighted by molar-refractivity contribution is 7.13. The Balaban J connectivity index is 1.53. The highest BCUT2D eigenvalue weighted by Gasteiger charge is 2.18. The van der Waals surface area contributed by atoms with Crippen LogP contribution in [0.2, 0.25) is 0 Å². The molecule has 6 nitrogen and oxygen atoms in total. The number of aromatic nitrogens is 4. The average molecular weight is 341 g/mol. The van der Waals surface area contributed by atoms with Gasteiger partial charge in [-0.1, -0.05) is 6.92 Å². The summed E-state index contributed by atoms with van der Waals surface area (Å²) in [4.78, 5) is 20.9. The van der Waals surface area contributed by atoms with Crippen molar-refractivity contribution in [1.82, 2.24) is 25.1 Å². The first kappa shape index (κ1) is 16.3. The van der Waals surface area contributed by atoms with Crippen molar-refractivity contribution >= 4 is 17.2 Å². The van der Waals surface area contributed by atoms with Gasteiger partial charge >= 0.3 is 0 Å². The lowest BCUT2D eigenvalue weighted by Gasteiger charge is -2.15. The number of nitrogens with zero attached hydrogens (tertiary/aromatic N) is 4. The summed E-state index contributed by atoms with van der Waals surface area (Å²) in [6.45, 7) is 2.55. The van der Waals surface area contributed by atoms with E-state index in [2.05, 4.69) is 20.4 Å². The van der Waals surface area contributed by atoms with E-state index in [0.29, 0.717) is 19.4 Å². The highest BCUT2D eigenvalue weighted by atomic mass is 32.1. The van der Waals surface area contributed by atoms with Crippen LogP contribution in [0.25, 0.3) is 10.6 Å². The fourth-order valence-electron chi connectivity index (χ4n) is 2.44. The molecule has 1 N–H and O–H groups in total. The number of hydrogen-bond donors (Lipinski definition) is 1. The normalized spacial score (nSPS) is 12.0. The summed E-state index contributed by atoms with van der Waals surface area (Å²) in [6, 6.07) is 5.45. The zero-order chi connectivity index (χ0) is 16.8. The van der Waals surface area contributed by atoms with Crippen LogP contribution < -0.4 is 5.32 Å². The predicted octanol–water partition coefficient (Wildman–Crippen LogP) is 2.71. The van der Waals surface area contributed by atoms with Gasteiger partial charge in [0.1, 0.15) is 11.0 Å². The molecule has 0 aliphatic carbocycles. The molecule has 124 valence electrons. The summed E-state index contributed by atoms with van der Waals surface area (Å²) in [5.74, 6) is -0.00853. The second-order valence-corrected chi connectivity index (χ2v) is 6.19. The maximum atomic E-state index is 12.3. The van der Waals surface area contributed by atoms with Gasteiger partial charge in [0.25, 0.3) is 0 Å². The standard InChI is InChI=1S/C17H19N5OS/c1-2-15(22-11-3-7-20-22)16(23)19-10-6-14-12-24-17(21-14)13-4-8-18-9-5-13/h3-5,7-9,11-12,15H,2,6,10H2,1H3,(H,19,23)/t15-/m1/s1. The van der Waals surface area contributed by atoms with Crippen molar-refractivity contribution in [2.75, 3.05) is 6.54 Å². The first-order chi connectivity index (χ1) is 11.8. The van der Waals surface area contributed by atoms with Gasteiger partial charge in [-0.3, -0.25) is 14.5 Å². The molecule has 3 aromatic rings. The number of carbonyl (C=O) groups is 1. The van der Waals surface area contributed by atoms with Crippen molar-refractivity contribution in [2.45, 2.75) is 25.8 Å². The summed E-state index contributed by atoms with van der Waals surface area (Å²) in [5.41, 5.74) is 2.05. The van der Waals surface area contributed by atoms with Crippen LogP contribution in [-0.2, 0) is 11.2 Å². The van der Waals surface area contributed by atoms with E-state index < -0.39 is 0 Å². The smallest absolute Gasteiger partial charge is 0.244 e. The van der Waals surface area contributed by atoms with Gasteiger partial charge in [0, 0.05) is 48.7 Å². The second kappa shape index (κ2) is 7.83. The molecule has 1 atom stereocenters. The van der Waals surface area contributed by atoms with E-state index in [0.717, 1.165) is 16.3 Å². The van der Waals surface area contributed by atoms with Crippen LogP contribution in [0.3, 0.4) is 0 Å². The van der Waals surface area contributed by atoms with E-state index in [1.54, 1.807) is 34.6 Å². The van der Waals surface area contributed by atoms with Crippen molar-refractivity contribution in [3.63, 3.8) is 0 Å². The largest absolute Gasteiger partial charge is 0.354 e. The van der Waals surface area contributed by atoms with E-state index in [9.17, 15) is 4.79 Å². The molecular formula is C17H19N5OS. The lowest BCUT2D eigenvalue weighted by molar-refractivity contribution is -0.124. The van der Waals surface area contributed by atoms with E-state index in [1.807, 2.05) is 36.7 Å². The van der Waals surface area contributed by atoms with E-state index in [-0.39, 0.29) is 11.9 Å². The molecule has 3 aromatic heterocycles. The minimum absolute atomic E-state index is 0.00853. The molecule has 0 radical (unpaired) electrons. The molecule has 0 unspecified atom stereocenters. The monoisotopic (exact) mass is 341 g/mol. The summed E-state index contributed by atoms with van der Waals surface area (Å²) in [5, 5.41) is 10.1. The van der Waals surface area contributed by atoms with Crippen molar-refractivity contribution < 1.29 is 4.79 Å². The van der Waals surface area contributed by atoms with Gasteiger partial charge in [-0.2, -0.15) is 5.10 Å². The molecule has 0 fully saturated rings. The SMILES string of the molecule is CC[C@H](C(=O)NCCc1csc(-c2ccncc2)n1)n1cccn1. The van der Waals surface area contributed by atoms with Crippen LogP contribution in [0.15, 0.2) is 48.4 Å². The second-order valence-electron chi connectivity index (χ2n) is 5.33. The summed E-state index contributed by atoms with van der Waals surface area (Å²) < 4.78 is 1.69. The topological polar surface area (TPSA) is 72.7 Å². The van der Waals surface area contributed by atoms with Gasteiger partial charge in [0.15, 0.2) is 0 Å². The van der Waals surface area contributed by atoms with E-state index >= 15 is 0 Å². The van der Waals surface area contributed by atoms with Gasteiger partial charge in [-0.15, -0.1) is 11.3 Å². The number of pyridine rings is 1. The summed E-state index contributed by atoms with van der Waals surface area (Å²) in [7, 11) is 0. The fraction of sp³-hybridized carbons (Fsp3) is 0.294. The number of hydrogen-bond acceptors (Lipinski definition) is 5. The zero-order valence-electron chi connectivity index (χ0n) is 13.4. The third kappa shape index (κ3) is 3.86. The zero-order valence-corrected chi connectivity index (χ0v) is 14.2. The Labute approximate surface area is 144 Å². The van der Waals surface area contributed by atoms with Crippen LogP contribution >= 0.6 is 11.3 Å². The lowest BCUT2D eigenvalue weighted by Crippen LogP contribution is -2.33. The van der Waals surface area contributed by atoms with Crippen LogP contribution in [0.5, 0.6) is 0 Å². The number of carbonyl (C=O) groups excluding carboxylic acids is 1. The Morgan fingerprint density at radius 2 is 2.17 bits per heavy atom. The molecule has 0 bridgehead atoms. The molecule has 24 heavy (non-hydrogen) atoms. The van der Waals surface area contributed by atoms with Crippen LogP contribution in [-0.4, -0.2) is 32.2 Å². The molecule has 7 heteroatoms. The molecule has 0 aliphatic rings. The molecule has 3 rings (SSSR count). The average Bonchev–Trinajstić information content (AvgIpc) is 3.28.